The number of likely N-dealkylation sites (N-methyl/N-ethyl adjacent to an activating group) is 1. The molecule has 0 spiro atoms. The summed E-state index contributed by atoms with van der Waals surface area (Å²) in [5.74, 6) is 0.922. The molecular weight excluding hydrogens is 200 g/mol. The van der Waals surface area contributed by atoms with Gasteiger partial charge in [0, 0.05) is 37.6 Å². The SMILES string of the molecule is CCN1CC2CCC(C1)N2c1ncccn1. The zero-order chi connectivity index (χ0) is 11.0. The minimum absolute atomic E-state index is 0.626. The van der Waals surface area contributed by atoms with Gasteiger partial charge in [-0.15, -0.1) is 0 Å². The van der Waals surface area contributed by atoms with E-state index in [9.17, 15) is 0 Å². The number of fused-ring (bicyclic) bond motifs is 2. The third-order valence-corrected chi connectivity index (χ3v) is 3.79. The minimum atomic E-state index is 0.626. The molecule has 2 aliphatic heterocycles. The zero-order valence-electron chi connectivity index (χ0n) is 9.71. The van der Waals surface area contributed by atoms with Crippen LogP contribution in [0.15, 0.2) is 18.5 Å². The molecular formula is C12H18N4. The smallest absolute Gasteiger partial charge is 0.225 e. The van der Waals surface area contributed by atoms with Crippen molar-refractivity contribution in [2.24, 2.45) is 0 Å². The van der Waals surface area contributed by atoms with Gasteiger partial charge in [0.25, 0.3) is 0 Å². The van der Waals surface area contributed by atoms with Crippen molar-refractivity contribution in [1.29, 1.82) is 0 Å². The van der Waals surface area contributed by atoms with Crippen molar-refractivity contribution in [3.05, 3.63) is 18.5 Å². The molecule has 4 heteroatoms. The molecule has 2 atom stereocenters. The van der Waals surface area contributed by atoms with Gasteiger partial charge in [-0.2, -0.15) is 0 Å². The van der Waals surface area contributed by atoms with Gasteiger partial charge < -0.3 is 4.90 Å². The van der Waals surface area contributed by atoms with Crippen LogP contribution in [-0.4, -0.2) is 46.6 Å². The minimum Gasteiger partial charge on any atom is -0.332 e. The molecule has 2 fully saturated rings. The molecule has 3 rings (SSSR count). The predicted octanol–water partition coefficient (Wildman–Crippen LogP) is 1.15. The monoisotopic (exact) mass is 218 g/mol. The van der Waals surface area contributed by atoms with Gasteiger partial charge in [0.1, 0.15) is 0 Å². The maximum Gasteiger partial charge on any atom is 0.225 e. The standard InChI is InChI=1S/C12H18N4/c1-2-15-8-10-4-5-11(9-15)16(10)12-13-6-3-7-14-12/h3,6-7,10-11H,2,4-5,8-9H2,1H3. The Morgan fingerprint density at radius 2 is 1.81 bits per heavy atom. The number of rotatable bonds is 2. The van der Waals surface area contributed by atoms with Gasteiger partial charge >= 0.3 is 0 Å². The second-order valence-corrected chi connectivity index (χ2v) is 4.69. The lowest BCUT2D eigenvalue weighted by Crippen LogP contribution is -2.54. The molecule has 0 aliphatic carbocycles. The van der Waals surface area contributed by atoms with Crippen molar-refractivity contribution >= 4 is 5.95 Å². The van der Waals surface area contributed by atoms with E-state index in [2.05, 4.69) is 26.7 Å². The average Bonchev–Trinajstić information content (AvgIpc) is 2.61. The number of aromatic nitrogens is 2. The summed E-state index contributed by atoms with van der Waals surface area (Å²) in [6.45, 7) is 5.75. The lowest BCUT2D eigenvalue weighted by Gasteiger charge is -2.40. The molecule has 0 aromatic carbocycles. The van der Waals surface area contributed by atoms with E-state index in [1.165, 1.54) is 25.9 Å². The van der Waals surface area contributed by atoms with E-state index in [1.54, 1.807) is 0 Å². The van der Waals surface area contributed by atoms with Crippen molar-refractivity contribution < 1.29 is 0 Å². The second-order valence-electron chi connectivity index (χ2n) is 4.69. The fraction of sp³-hybridized carbons (Fsp3) is 0.667. The molecule has 2 saturated heterocycles. The highest BCUT2D eigenvalue weighted by molar-refractivity contribution is 5.36. The van der Waals surface area contributed by atoms with E-state index >= 15 is 0 Å². The Bertz CT molecular complexity index is 339. The molecule has 1 aromatic heterocycles. The summed E-state index contributed by atoms with van der Waals surface area (Å²) in [7, 11) is 0. The molecule has 2 bridgehead atoms. The Balaban J connectivity index is 1.84. The van der Waals surface area contributed by atoms with Gasteiger partial charge in [-0.3, -0.25) is 4.90 Å². The van der Waals surface area contributed by atoms with Gasteiger partial charge in [-0.25, -0.2) is 9.97 Å². The Morgan fingerprint density at radius 1 is 1.19 bits per heavy atom. The van der Waals surface area contributed by atoms with Crippen LogP contribution in [0.25, 0.3) is 0 Å². The Kier molecular flexibility index (Phi) is 2.52. The van der Waals surface area contributed by atoms with Crippen LogP contribution < -0.4 is 4.90 Å². The quantitative estimate of drug-likeness (QED) is 0.745. The van der Waals surface area contributed by atoms with Crippen LogP contribution in [0.5, 0.6) is 0 Å². The van der Waals surface area contributed by atoms with Crippen LogP contribution >= 0.6 is 0 Å². The van der Waals surface area contributed by atoms with Crippen LogP contribution in [0, 0.1) is 0 Å². The molecule has 4 nitrogen and oxygen atoms in total. The summed E-state index contributed by atoms with van der Waals surface area (Å²) in [4.78, 5) is 13.8. The first-order valence-electron chi connectivity index (χ1n) is 6.16. The lowest BCUT2D eigenvalue weighted by atomic mass is 10.2. The zero-order valence-corrected chi connectivity index (χ0v) is 9.71. The van der Waals surface area contributed by atoms with E-state index in [0.717, 1.165) is 12.5 Å². The van der Waals surface area contributed by atoms with E-state index < -0.39 is 0 Å². The highest BCUT2D eigenvalue weighted by Gasteiger charge is 2.40. The third kappa shape index (κ3) is 1.57. The summed E-state index contributed by atoms with van der Waals surface area (Å²) < 4.78 is 0. The summed E-state index contributed by atoms with van der Waals surface area (Å²) >= 11 is 0. The number of hydrogen-bond donors (Lipinski definition) is 0. The third-order valence-electron chi connectivity index (χ3n) is 3.79. The highest BCUT2D eigenvalue weighted by atomic mass is 15.4. The van der Waals surface area contributed by atoms with Crippen LogP contribution in [0.2, 0.25) is 0 Å². The molecule has 0 amide bonds. The second kappa shape index (κ2) is 4.01. The predicted molar refractivity (Wildman–Crippen MR) is 63.4 cm³/mol. The highest BCUT2D eigenvalue weighted by Crippen LogP contribution is 2.32. The van der Waals surface area contributed by atoms with Crippen LogP contribution in [0.4, 0.5) is 5.95 Å². The topological polar surface area (TPSA) is 32.3 Å². The maximum atomic E-state index is 4.39. The molecule has 2 unspecified atom stereocenters. The number of anilines is 1. The summed E-state index contributed by atoms with van der Waals surface area (Å²) in [6.07, 6.45) is 6.26. The molecule has 86 valence electrons. The first-order valence-corrected chi connectivity index (χ1v) is 6.16. The first kappa shape index (κ1) is 10.0. The van der Waals surface area contributed by atoms with Gasteiger partial charge in [0.15, 0.2) is 0 Å². The van der Waals surface area contributed by atoms with Crippen molar-refractivity contribution in [2.45, 2.75) is 31.8 Å². The number of nitrogens with zero attached hydrogens (tertiary/aromatic N) is 4. The average molecular weight is 218 g/mol. The molecule has 1 aromatic rings. The number of piperazine rings is 1. The van der Waals surface area contributed by atoms with Gasteiger partial charge in [-0.1, -0.05) is 6.92 Å². The first-order chi connectivity index (χ1) is 7.88. The Hall–Kier alpha value is -1.16. The van der Waals surface area contributed by atoms with Gasteiger partial charge in [0.05, 0.1) is 0 Å². The van der Waals surface area contributed by atoms with Crippen molar-refractivity contribution in [1.82, 2.24) is 14.9 Å². The fourth-order valence-electron chi connectivity index (χ4n) is 3.00. The fourth-order valence-corrected chi connectivity index (χ4v) is 3.00. The van der Waals surface area contributed by atoms with Crippen molar-refractivity contribution in [2.75, 3.05) is 24.5 Å². The van der Waals surface area contributed by atoms with E-state index in [1.807, 2.05) is 18.5 Å². The molecule has 16 heavy (non-hydrogen) atoms. The molecule has 0 N–H and O–H groups in total. The lowest BCUT2D eigenvalue weighted by molar-refractivity contribution is 0.228. The van der Waals surface area contributed by atoms with Crippen molar-refractivity contribution in [3.63, 3.8) is 0 Å². The molecule has 3 heterocycles. The van der Waals surface area contributed by atoms with E-state index in [-0.39, 0.29) is 0 Å². The van der Waals surface area contributed by atoms with Crippen LogP contribution in [-0.2, 0) is 0 Å². The van der Waals surface area contributed by atoms with Crippen LogP contribution in [0.3, 0.4) is 0 Å². The van der Waals surface area contributed by atoms with E-state index in [4.69, 9.17) is 0 Å². The molecule has 0 radical (unpaired) electrons. The number of hydrogen-bond acceptors (Lipinski definition) is 4. The number of likely N-dealkylation sites (tertiary alicyclic amines) is 1. The maximum absolute atomic E-state index is 4.39. The summed E-state index contributed by atoms with van der Waals surface area (Å²) in [6, 6.07) is 3.13. The molecule has 0 saturated carbocycles. The Morgan fingerprint density at radius 3 is 2.38 bits per heavy atom. The summed E-state index contributed by atoms with van der Waals surface area (Å²) in [5.41, 5.74) is 0. The Labute approximate surface area is 96.3 Å². The molecule has 2 aliphatic rings. The largest absolute Gasteiger partial charge is 0.332 e. The van der Waals surface area contributed by atoms with Crippen LogP contribution in [0.1, 0.15) is 19.8 Å². The van der Waals surface area contributed by atoms with Gasteiger partial charge in [0.2, 0.25) is 5.95 Å². The normalized spacial score (nSPS) is 29.7. The summed E-state index contributed by atoms with van der Waals surface area (Å²) in [5, 5.41) is 0. The van der Waals surface area contributed by atoms with E-state index in [0.29, 0.717) is 12.1 Å². The van der Waals surface area contributed by atoms with Gasteiger partial charge in [-0.05, 0) is 25.5 Å². The van der Waals surface area contributed by atoms with Crippen molar-refractivity contribution in [3.8, 4) is 0 Å².